The topological polar surface area (TPSA) is 136 Å². The van der Waals surface area contributed by atoms with Gasteiger partial charge in [-0.15, -0.1) is 0 Å². The zero-order chi connectivity index (χ0) is 26.5. The van der Waals surface area contributed by atoms with Crippen molar-refractivity contribution in [3.63, 3.8) is 0 Å². The summed E-state index contributed by atoms with van der Waals surface area (Å²) in [5, 5.41) is 28.6. The highest BCUT2D eigenvalue weighted by Gasteiger charge is 2.29. The van der Waals surface area contributed by atoms with E-state index >= 15 is 0 Å². The summed E-state index contributed by atoms with van der Waals surface area (Å²) in [6.07, 6.45) is 9.19. The summed E-state index contributed by atoms with van der Waals surface area (Å²) in [6.45, 7) is 4.84. The van der Waals surface area contributed by atoms with Crippen molar-refractivity contribution >= 4 is 17.5 Å². The second kappa shape index (κ2) is 11.4. The summed E-state index contributed by atoms with van der Waals surface area (Å²) in [5.74, 6) is 0.910. The van der Waals surface area contributed by atoms with Gasteiger partial charge in [0.15, 0.2) is 0 Å². The summed E-state index contributed by atoms with van der Waals surface area (Å²) in [5.41, 5.74) is 4.05. The lowest BCUT2D eigenvalue weighted by atomic mass is 9.76. The molecule has 1 saturated carbocycles. The number of rotatable bonds is 8. The van der Waals surface area contributed by atoms with Gasteiger partial charge >= 0.3 is 0 Å². The van der Waals surface area contributed by atoms with Gasteiger partial charge in [0.05, 0.1) is 42.3 Å². The fourth-order valence-electron chi connectivity index (χ4n) is 5.09. The molecule has 0 unspecified atom stereocenters. The van der Waals surface area contributed by atoms with Crippen molar-refractivity contribution in [2.45, 2.75) is 38.6 Å². The maximum Gasteiger partial charge on any atom is 0.251 e. The van der Waals surface area contributed by atoms with E-state index < -0.39 is 0 Å². The molecule has 1 saturated heterocycles. The molecule has 3 heterocycles. The minimum atomic E-state index is -0.105. The van der Waals surface area contributed by atoms with Gasteiger partial charge < -0.3 is 10.6 Å². The van der Waals surface area contributed by atoms with Gasteiger partial charge in [0.2, 0.25) is 5.95 Å². The van der Waals surface area contributed by atoms with Gasteiger partial charge in [0, 0.05) is 49.1 Å². The minimum Gasteiger partial charge on any atom is -0.352 e. The van der Waals surface area contributed by atoms with Crippen LogP contribution in [0.1, 0.15) is 47.6 Å². The van der Waals surface area contributed by atoms with Crippen LogP contribution in [0.4, 0.5) is 11.6 Å². The van der Waals surface area contributed by atoms with Gasteiger partial charge in [0.1, 0.15) is 0 Å². The van der Waals surface area contributed by atoms with Crippen molar-refractivity contribution in [3.05, 3.63) is 54.0 Å². The quantitative estimate of drug-likeness (QED) is 0.437. The molecule has 1 aliphatic heterocycles. The summed E-state index contributed by atoms with van der Waals surface area (Å²) in [7, 11) is 0. The number of piperidine rings is 1. The lowest BCUT2D eigenvalue weighted by molar-refractivity contribution is 0.0933. The number of nitriles is 2. The molecule has 38 heavy (non-hydrogen) atoms. The van der Waals surface area contributed by atoms with E-state index in [4.69, 9.17) is 15.5 Å². The molecular weight excluding hydrogens is 478 g/mol. The van der Waals surface area contributed by atoms with Gasteiger partial charge in [-0.1, -0.05) is 12.1 Å². The van der Waals surface area contributed by atoms with Crippen LogP contribution < -0.4 is 10.6 Å². The van der Waals surface area contributed by atoms with Crippen LogP contribution in [0.5, 0.6) is 0 Å². The van der Waals surface area contributed by atoms with E-state index in [2.05, 4.69) is 37.8 Å². The lowest BCUT2D eigenvalue weighted by Crippen LogP contribution is -2.35. The number of benzene rings is 1. The van der Waals surface area contributed by atoms with E-state index in [1.807, 2.05) is 42.1 Å². The maximum atomic E-state index is 12.5. The molecule has 3 aromatic rings. The summed E-state index contributed by atoms with van der Waals surface area (Å²) >= 11 is 0. The Morgan fingerprint density at radius 2 is 1.89 bits per heavy atom. The van der Waals surface area contributed by atoms with Gasteiger partial charge in [-0.2, -0.15) is 15.6 Å². The number of hydrogen-bond donors (Lipinski definition) is 2. The highest BCUT2D eigenvalue weighted by Crippen LogP contribution is 2.32. The third-order valence-corrected chi connectivity index (χ3v) is 7.44. The lowest BCUT2D eigenvalue weighted by Gasteiger charge is -2.30. The van der Waals surface area contributed by atoms with Crippen molar-refractivity contribution in [2.24, 2.45) is 11.8 Å². The van der Waals surface area contributed by atoms with Crippen LogP contribution in [0.15, 0.2) is 42.9 Å². The average molecular weight is 510 g/mol. The normalized spacial score (nSPS) is 19.7. The number of carbonyl (C=O) groups is 1. The minimum absolute atomic E-state index is 0.105. The zero-order valence-corrected chi connectivity index (χ0v) is 21.5. The third-order valence-electron chi connectivity index (χ3n) is 7.44. The number of nitrogens with one attached hydrogen (secondary N) is 2. The molecule has 1 aliphatic carbocycles. The van der Waals surface area contributed by atoms with E-state index in [9.17, 15) is 4.79 Å². The van der Waals surface area contributed by atoms with Crippen LogP contribution in [0.25, 0.3) is 11.3 Å². The van der Waals surface area contributed by atoms with E-state index in [0.29, 0.717) is 36.6 Å². The Labute approximate surface area is 222 Å². The smallest absolute Gasteiger partial charge is 0.251 e. The SMILES string of the molecule is Cc1cnc(Nc2cnn(C3CCN(CC#N)CC3)c2)nc1-c1ccc(C(=O)NCC2CC(C#N)C2)cc1. The standard InChI is InChI=1S/C28H31N9O/c1-19-15-32-28(34-24-17-33-37(18-24)25-6-9-36(10-7-25)11-8-29)35-26(19)22-2-4-23(5-3-22)27(38)31-16-21-12-20(13-21)14-30/h2-5,15,17-18,20-21,25H,6-7,9-13,16H2,1H3,(H,31,38)(H,32,34,35). The molecule has 2 N–H and O–H groups in total. The van der Waals surface area contributed by atoms with Crippen LogP contribution in [-0.4, -0.2) is 56.7 Å². The van der Waals surface area contributed by atoms with E-state index in [1.165, 1.54) is 0 Å². The monoisotopic (exact) mass is 509 g/mol. The van der Waals surface area contributed by atoms with Crippen molar-refractivity contribution in [2.75, 3.05) is 31.5 Å². The molecule has 0 spiro atoms. The predicted octanol–water partition coefficient (Wildman–Crippen LogP) is 3.83. The summed E-state index contributed by atoms with van der Waals surface area (Å²) < 4.78 is 1.98. The molecule has 0 bridgehead atoms. The molecule has 5 rings (SSSR count). The number of carbonyl (C=O) groups excluding carboxylic acids is 1. The summed E-state index contributed by atoms with van der Waals surface area (Å²) in [4.78, 5) is 23.9. The van der Waals surface area contributed by atoms with Crippen LogP contribution in [0.2, 0.25) is 0 Å². The molecule has 0 atom stereocenters. The fourth-order valence-corrected chi connectivity index (χ4v) is 5.09. The van der Waals surface area contributed by atoms with Crippen LogP contribution in [0, 0.1) is 41.4 Å². The van der Waals surface area contributed by atoms with E-state index in [-0.39, 0.29) is 11.8 Å². The number of aromatic nitrogens is 4. The molecule has 0 radical (unpaired) electrons. The molecular formula is C28H31N9O. The van der Waals surface area contributed by atoms with Crippen LogP contribution in [0.3, 0.4) is 0 Å². The van der Waals surface area contributed by atoms with Crippen molar-refractivity contribution in [1.82, 2.24) is 30.0 Å². The van der Waals surface area contributed by atoms with Crippen LogP contribution >= 0.6 is 0 Å². The number of likely N-dealkylation sites (tertiary alicyclic amines) is 1. The van der Waals surface area contributed by atoms with Gasteiger partial charge in [-0.25, -0.2) is 9.97 Å². The molecule has 2 fully saturated rings. The summed E-state index contributed by atoms with van der Waals surface area (Å²) in [6, 6.07) is 12.2. The van der Waals surface area contributed by atoms with E-state index in [1.54, 1.807) is 12.4 Å². The van der Waals surface area contributed by atoms with Gasteiger partial charge in [-0.3, -0.25) is 14.4 Å². The Balaban J connectivity index is 1.20. The number of amides is 1. The number of hydrogen-bond acceptors (Lipinski definition) is 8. The first-order valence-electron chi connectivity index (χ1n) is 13.0. The Kier molecular flexibility index (Phi) is 7.62. The molecule has 194 valence electrons. The second-order valence-electron chi connectivity index (χ2n) is 10.2. The number of anilines is 2. The number of aryl methyl sites for hydroxylation is 1. The Morgan fingerprint density at radius 3 is 2.61 bits per heavy atom. The molecule has 2 aliphatic rings. The highest BCUT2D eigenvalue weighted by molar-refractivity contribution is 5.94. The van der Waals surface area contributed by atoms with Crippen molar-refractivity contribution in [3.8, 4) is 23.4 Å². The average Bonchev–Trinajstić information content (AvgIpc) is 3.38. The highest BCUT2D eigenvalue weighted by atomic mass is 16.1. The number of nitrogens with zero attached hydrogens (tertiary/aromatic N) is 7. The predicted molar refractivity (Wildman–Crippen MR) is 142 cm³/mol. The van der Waals surface area contributed by atoms with Crippen molar-refractivity contribution < 1.29 is 4.79 Å². The Hall–Kier alpha value is -4.28. The molecule has 10 heteroatoms. The second-order valence-corrected chi connectivity index (χ2v) is 10.2. The fraction of sp³-hybridized carbons (Fsp3) is 0.429. The first-order chi connectivity index (χ1) is 18.5. The molecule has 2 aromatic heterocycles. The molecule has 1 aromatic carbocycles. The van der Waals surface area contributed by atoms with Gasteiger partial charge in [-0.05, 0) is 56.2 Å². The van der Waals surface area contributed by atoms with E-state index in [0.717, 1.165) is 61.3 Å². The Bertz CT molecular complexity index is 1350. The van der Waals surface area contributed by atoms with Crippen molar-refractivity contribution in [1.29, 1.82) is 10.5 Å². The first-order valence-corrected chi connectivity index (χ1v) is 13.0. The first kappa shape index (κ1) is 25.4. The van der Waals surface area contributed by atoms with Gasteiger partial charge in [0.25, 0.3) is 5.91 Å². The molecule has 10 nitrogen and oxygen atoms in total. The largest absolute Gasteiger partial charge is 0.352 e. The zero-order valence-electron chi connectivity index (χ0n) is 21.5. The maximum absolute atomic E-state index is 12.5. The van der Waals surface area contributed by atoms with Crippen LogP contribution in [-0.2, 0) is 0 Å². The third kappa shape index (κ3) is 5.82. The Morgan fingerprint density at radius 1 is 1.13 bits per heavy atom. The molecule has 1 amide bonds.